The second kappa shape index (κ2) is 24.8. The molecular weight excluding hydrogens is 1170 g/mol. The number of nitrogens with one attached hydrogen (secondary N) is 2. The Morgan fingerprint density at radius 2 is 0.851 bits per heavy atom. The molecule has 0 aromatic heterocycles. The van der Waals surface area contributed by atoms with Gasteiger partial charge < -0.3 is 101 Å². The van der Waals surface area contributed by atoms with Crippen molar-refractivity contribution in [2.45, 2.75) is 136 Å². The van der Waals surface area contributed by atoms with Gasteiger partial charge >= 0.3 is 11.9 Å². The zero-order valence-electron chi connectivity index (χ0n) is 36.0. The minimum absolute atomic E-state index is 0.0813. The second-order valence-corrected chi connectivity index (χ2v) is 21.7. The van der Waals surface area contributed by atoms with Gasteiger partial charge in [0.15, 0.2) is 70.2 Å². The average Bonchev–Trinajstić information content (AvgIpc) is 3.22. The van der Waals surface area contributed by atoms with Gasteiger partial charge in [-0.15, -0.1) is 0 Å². The van der Waals surface area contributed by atoms with E-state index < -0.39 is 217 Å². The van der Waals surface area contributed by atoms with Gasteiger partial charge in [0.2, 0.25) is 41.6 Å². The molecule has 4 aliphatic heterocycles. The molecule has 4 heterocycles. The second-order valence-electron chi connectivity index (χ2n) is 15.3. The summed E-state index contributed by atoms with van der Waals surface area (Å²) < 4.78 is 271. The number of aliphatic hydroxyl groups excluding tert-OH is 5. The Labute approximate surface area is 415 Å². The zero-order valence-corrected chi connectivity index (χ0v) is 40.9. The Morgan fingerprint density at radius 3 is 1.24 bits per heavy atom. The van der Waals surface area contributed by atoms with Crippen LogP contribution in [0.5, 0.6) is 0 Å². The zero-order chi connectivity index (χ0) is 56.4. The first-order valence-electron chi connectivity index (χ1n) is 19.6. The lowest BCUT2D eigenvalue weighted by Gasteiger charge is -2.50. The summed E-state index contributed by atoms with van der Waals surface area (Å²) in [5, 5.41) is 75.4. The van der Waals surface area contributed by atoms with Gasteiger partial charge in [0.1, 0.15) is 73.1 Å². The number of aliphatic hydroxyl groups is 5. The van der Waals surface area contributed by atoms with Crippen LogP contribution in [0.15, 0.2) is 0 Å². The summed E-state index contributed by atoms with van der Waals surface area (Å²) in [7, 11) is -35.8. The summed E-state index contributed by atoms with van der Waals surface area (Å²) in [6.07, 6.45) is -50.5. The first-order chi connectivity index (χ1) is 33.6. The van der Waals surface area contributed by atoms with Crippen LogP contribution in [0.1, 0.15) is 13.3 Å². The molecule has 4 saturated heterocycles. The molecule has 47 heteroatoms. The molecule has 4 fully saturated rings. The van der Waals surface area contributed by atoms with Gasteiger partial charge in [0.25, 0.3) is 0 Å². The molecule has 74 heavy (non-hydrogen) atoms. The number of rotatable bonds is 25. The van der Waals surface area contributed by atoms with Gasteiger partial charge in [-0.05, 0) is 6.42 Å². The van der Waals surface area contributed by atoms with Crippen molar-refractivity contribution in [3.63, 3.8) is 0 Å². The van der Waals surface area contributed by atoms with Crippen LogP contribution in [0, 0.1) is 0 Å². The van der Waals surface area contributed by atoms with Crippen LogP contribution in [-0.2, 0) is 126 Å². The summed E-state index contributed by atoms with van der Waals surface area (Å²) in [5.74, 6) is -4.57. The van der Waals surface area contributed by atoms with Crippen molar-refractivity contribution in [2.75, 3.05) is 19.8 Å². The van der Waals surface area contributed by atoms with E-state index in [-0.39, 0.29) is 6.42 Å². The number of ether oxygens (including phenoxy) is 8. The minimum Gasteiger partial charge on any atom is -0.735 e. The molecule has 4 aliphatic rings. The summed E-state index contributed by atoms with van der Waals surface area (Å²) in [6, 6.07) is -5.58. The Kier molecular flexibility index (Phi) is 21.5. The average molecular weight is 1210 g/mol. The molecule has 0 aromatic rings. The highest BCUT2D eigenvalue weighted by molar-refractivity contribution is 7.84. The maximum absolute atomic E-state index is 12.7. The van der Waals surface area contributed by atoms with Crippen LogP contribution in [0.3, 0.4) is 0 Å². The Morgan fingerprint density at radius 1 is 0.473 bits per heavy atom. The number of hydrogen-bond acceptors (Lipinski definition) is 37. The normalized spacial score (nSPS) is 38.1. The third-order valence-corrected chi connectivity index (χ3v) is 12.9. The largest absolute Gasteiger partial charge is 0.735 e. The molecule has 9 N–H and O–H groups in total. The number of carboxylic acid groups (broad SMARTS) is 2. The molecule has 0 saturated carbocycles. The first-order valence-corrected chi connectivity index (χ1v) is 27.8. The van der Waals surface area contributed by atoms with Crippen LogP contribution in [0.25, 0.3) is 0 Å². The molecular formula is C27H40N2O39S6-6. The molecule has 41 nitrogen and oxygen atoms in total. The quantitative estimate of drug-likeness (QED) is 0.0303. The highest BCUT2D eigenvalue weighted by Crippen LogP contribution is 2.37. The molecule has 0 amide bonds. The van der Waals surface area contributed by atoms with Crippen molar-refractivity contribution < 1.29 is 178 Å². The van der Waals surface area contributed by atoms with E-state index in [1.807, 2.05) is 0 Å². The predicted octanol–water partition coefficient (Wildman–Crippen LogP) is -12.1. The maximum Gasteiger partial charge on any atom is 0.335 e. The van der Waals surface area contributed by atoms with Crippen molar-refractivity contribution in [2.24, 2.45) is 0 Å². The molecule has 0 radical (unpaired) electrons. The van der Waals surface area contributed by atoms with Crippen molar-refractivity contribution in [1.82, 2.24) is 9.44 Å². The van der Waals surface area contributed by atoms with E-state index in [9.17, 15) is 123 Å². The van der Waals surface area contributed by atoms with E-state index in [1.54, 1.807) is 0 Å². The molecule has 20 atom stereocenters. The van der Waals surface area contributed by atoms with Crippen molar-refractivity contribution in [3.05, 3.63) is 0 Å². The molecule has 434 valence electrons. The Balaban J connectivity index is 1.81. The van der Waals surface area contributed by atoms with Crippen LogP contribution < -0.4 is 9.44 Å². The fourth-order valence-corrected chi connectivity index (χ4v) is 9.90. The van der Waals surface area contributed by atoms with E-state index in [4.69, 9.17) is 37.9 Å². The van der Waals surface area contributed by atoms with Crippen LogP contribution in [-0.4, -0.2) is 268 Å². The SMILES string of the molecule is CCCO[C@@H]1O[C@@H](C(=O)O)[C@@H](O[C@H]2O[C@H](COS(=O)(=O)[O-])[C@@H](O[C@@H]3O[C@@H](C(=O)O)[C@@H](O[C@H]4O[C@H](COS(=O)(=O)[O-])[C@@H](O)[C@H](O)[C@H]4NS(=O)(=O)[O-])[C@H](O)[C@H]3OS(=O)(=O)[O-])[C@H](O)[C@H]2NS(=O)(=O)[O-])[C@H](O)[C@H]1OS(=O)(=O)[O-]. The monoisotopic (exact) mass is 1210 g/mol. The van der Waals surface area contributed by atoms with Crippen LogP contribution in [0.4, 0.5) is 0 Å². The highest BCUT2D eigenvalue weighted by atomic mass is 32.3. The van der Waals surface area contributed by atoms with E-state index in [1.165, 1.54) is 6.92 Å². The third-order valence-electron chi connectivity index (χ3n) is 10.0. The van der Waals surface area contributed by atoms with Gasteiger partial charge in [-0.25, -0.2) is 69.5 Å². The lowest BCUT2D eigenvalue weighted by Crippen LogP contribution is -2.70. The topological polar surface area (TPSA) is 654 Å². The fraction of sp³-hybridized carbons (Fsp3) is 0.926. The Hall–Kier alpha value is -2.36. The molecule has 0 unspecified atom stereocenters. The van der Waals surface area contributed by atoms with Gasteiger partial charge in [-0.2, -0.15) is 0 Å². The van der Waals surface area contributed by atoms with Gasteiger partial charge in [0, 0.05) is 6.61 Å². The highest BCUT2D eigenvalue weighted by Gasteiger charge is 2.59. The summed E-state index contributed by atoms with van der Waals surface area (Å²) in [6.45, 7) is -2.39. The van der Waals surface area contributed by atoms with Crippen molar-refractivity contribution in [1.29, 1.82) is 0 Å². The number of carboxylic acids is 2. The van der Waals surface area contributed by atoms with E-state index in [0.29, 0.717) is 0 Å². The predicted molar refractivity (Wildman–Crippen MR) is 204 cm³/mol. The summed E-state index contributed by atoms with van der Waals surface area (Å²) in [4.78, 5) is 25.0. The van der Waals surface area contributed by atoms with E-state index >= 15 is 0 Å². The summed E-state index contributed by atoms with van der Waals surface area (Å²) >= 11 is 0. The lowest BCUT2D eigenvalue weighted by molar-refractivity contribution is -0.367. The van der Waals surface area contributed by atoms with Gasteiger partial charge in [-0.3, -0.25) is 16.7 Å². The smallest absolute Gasteiger partial charge is 0.335 e. The van der Waals surface area contributed by atoms with Crippen molar-refractivity contribution in [3.8, 4) is 0 Å². The van der Waals surface area contributed by atoms with Gasteiger partial charge in [0.05, 0.1) is 13.2 Å². The lowest BCUT2D eigenvalue weighted by atomic mass is 9.94. The molecule has 0 spiro atoms. The molecule has 4 rings (SSSR count). The van der Waals surface area contributed by atoms with E-state index in [0.717, 1.165) is 9.44 Å². The minimum atomic E-state index is -6.33. The van der Waals surface area contributed by atoms with E-state index in [2.05, 4.69) is 16.7 Å². The number of aliphatic carboxylic acids is 2. The summed E-state index contributed by atoms with van der Waals surface area (Å²) in [5.41, 5.74) is 0. The van der Waals surface area contributed by atoms with Crippen LogP contribution >= 0.6 is 0 Å². The molecule has 0 bridgehead atoms. The van der Waals surface area contributed by atoms with Crippen LogP contribution in [0.2, 0.25) is 0 Å². The van der Waals surface area contributed by atoms with Crippen molar-refractivity contribution >= 4 is 74.1 Å². The number of carbonyl (C=O) groups is 2. The first kappa shape index (κ1) is 64.2. The maximum atomic E-state index is 12.7. The fourth-order valence-electron chi connectivity index (χ4n) is 7.18. The Bertz CT molecular complexity index is 2640. The standard InChI is InChI=1S/C27H46N2O39S6/c1-2-3-57-26-18(67-73(51,52)53)13(33)16(20(65-26)22(35)36)64-25-9(29-70(42,43)44)12(32)15(7(61-25)5-59-72(48,49)50)62-27-19(68-74(54,55)56)14(34)17(21(66-27)23(37)38)63-24-8(28-69(39,40)41)11(31)10(30)6(60-24)4-58-71(45,46)47/h6-21,24-34H,2-5H2,1H3,(H,35,36)(H,37,38)(H,39,40,41)(H,42,43,44)(H,45,46,47)(H,48,49,50)(H,51,52,53)(H,54,55,56)/p-6/t6-,7-,8-,9-,10-,11-,12-,13+,14+,15-,16+,17+,18-,19-,20-,21-,24-,25-,26-,27-/m1/s1. The molecule has 0 aliphatic carbocycles. The number of hydrogen-bond donors (Lipinski definition) is 9. The third kappa shape index (κ3) is 18.4. The van der Waals surface area contributed by atoms with Gasteiger partial charge in [-0.1, -0.05) is 6.92 Å². The molecule has 0 aromatic carbocycles.